The van der Waals surface area contributed by atoms with Gasteiger partial charge in [0, 0.05) is 24.1 Å². The predicted octanol–water partition coefficient (Wildman–Crippen LogP) is 3.18. The first kappa shape index (κ1) is 14.0. The lowest BCUT2D eigenvalue weighted by Crippen LogP contribution is -2.45. The van der Waals surface area contributed by atoms with Crippen molar-refractivity contribution in [2.24, 2.45) is 5.92 Å². The Labute approximate surface area is 133 Å². The largest absolute Gasteiger partial charge is 0.429 e. The van der Waals surface area contributed by atoms with Gasteiger partial charge in [0.25, 0.3) is 10.7 Å². The predicted molar refractivity (Wildman–Crippen MR) is 84.4 cm³/mol. The summed E-state index contributed by atoms with van der Waals surface area (Å²) >= 11 is 4.97. The highest BCUT2D eigenvalue weighted by Gasteiger charge is 2.38. The maximum absolute atomic E-state index is 12.5. The summed E-state index contributed by atoms with van der Waals surface area (Å²) < 4.78 is 11.1. The zero-order chi connectivity index (χ0) is 15.1. The van der Waals surface area contributed by atoms with Gasteiger partial charge in [-0.25, -0.2) is 0 Å². The molecule has 1 saturated carbocycles. The van der Waals surface area contributed by atoms with E-state index in [4.69, 9.17) is 21.4 Å². The molecule has 2 aromatic rings. The van der Waals surface area contributed by atoms with Crippen molar-refractivity contribution in [3.63, 3.8) is 0 Å². The van der Waals surface area contributed by atoms with E-state index >= 15 is 0 Å². The molecule has 6 heteroatoms. The van der Waals surface area contributed by atoms with Gasteiger partial charge in [-0.15, -0.1) is 0 Å². The van der Waals surface area contributed by atoms with Crippen LogP contribution in [0.2, 0.25) is 0 Å². The number of hydrogen-bond acceptors (Lipinski definition) is 4. The Morgan fingerprint density at radius 2 is 2.23 bits per heavy atom. The molecule has 0 unspecified atom stereocenters. The summed E-state index contributed by atoms with van der Waals surface area (Å²) in [6.07, 6.45) is 4.62. The third kappa shape index (κ3) is 2.46. The molecule has 0 radical (unpaired) electrons. The Bertz CT molecular complexity index is 766. The van der Waals surface area contributed by atoms with Gasteiger partial charge in [-0.3, -0.25) is 4.79 Å². The summed E-state index contributed by atoms with van der Waals surface area (Å²) in [5.41, 5.74) is 2.03. The van der Waals surface area contributed by atoms with Crippen molar-refractivity contribution in [2.75, 3.05) is 6.61 Å². The van der Waals surface area contributed by atoms with Crippen molar-refractivity contribution in [3.8, 4) is 0 Å². The number of amides is 1. The maximum Gasteiger partial charge on any atom is 0.266 e. The van der Waals surface area contributed by atoms with E-state index in [1.54, 1.807) is 12.1 Å². The molecule has 2 fully saturated rings. The van der Waals surface area contributed by atoms with E-state index in [9.17, 15) is 4.79 Å². The average molecular weight is 318 g/mol. The first-order valence-corrected chi connectivity index (χ1v) is 8.17. The molecule has 116 valence electrons. The van der Waals surface area contributed by atoms with Crippen molar-refractivity contribution in [1.29, 1.82) is 0 Å². The molecule has 5 nitrogen and oxygen atoms in total. The van der Waals surface area contributed by atoms with Crippen LogP contribution in [-0.2, 0) is 4.74 Å². The summed E-state index contributed by atoms with van der Waals surface area (Å²) in [5, 5.41) is 3.18. The van der Waals surface area contributed by atoms with E-state index in [2.05, 4.69) is 10.3 Å². The summed E-state index contributed by atoms with van der Waals surface area (Å²) in [7, 11) is 0. The molecule has 1 saturated heterocycles. The number of fused-ring (bicyclic) bond motifs is 2. The van der Waals surface area contributed by atoms with Gasteiger partial charge >= 0.3 is 0 Å². The SMILES string of the molecule is O=C(N[C@@H]1CCC[C@H]2OCC[C@H]12)c1ccc2[nH]c(=S)oc2c1. The molecule has 22 heavy (non-hydrogen) atoms. The monoisotopic (exact) mass is 318 g/mol. The minimum absolute atomic E-state index is 0.0539. The molecular formula is C16H18N2O3S. The number of rotatable bonds is 2. The second-order valence-electron chi connectivity index (χ2n) is 6.10. The van der Waals surface area contributed by atoms with Gasteiger partial charge in [-0.2, -0.15) is 0 Å². The zero-order valence-corrected chi connectivity index (χ0v) is 12.9. The number of benzene rings is 1. The zero-order valence-electron chi connectivity index (χ0n) is 12.1. The van der Waals surface area contributed by atoms with Gasteiger partial charge < -0.3 is 19.5 Å². The van der Waals surface area contributed by atoms with Gasteiger partial charge in [0.15, 0.2) is 5.58 Å². The summed E-state index contributed by atoms with van der Waals surface area (Å²) in [5.74, 6) is 0.402. The fraction of sp³-hybridized carbons (Fsp3) is 0.500. The topological polar surface area (TPSA) is 67.3 Å². The van der Waals surface area contributed by atoms with Crippen LogP contribution in [0.5, 0.6) is 0 Å². The molecule has 2 N–H and O–H groups in total. The molecular weight excluding hydrogens is 300 g/mol. The first-order valence-electron chi connectivity index (χ1n) is 7.76. The molecule has 1 aliphatic heterocycles. The number of aromatic nitrogens is 1. The van der Waals surface area contributed by atoms with Gasteiger partial charge in [-0.05, 0) is 56.1 Å². The van der Waals surface area contributed by atoms with Crippen LogP contribution in [0.1, 0.15) is 36.0 Å². The number of aromatic amines is 1. The third-order valence-corrected chi connectivity index (χ3v) is 4.97. The van der Waals surface area contributed by atoms with E-state index in [-0.39, 0.29) is 11.9 Å². The van der Waals surface area contributed by atoms with Crippen molar-refractivity contribution < 1.29 is 13.9 Å². The molecule has 0 spiro atoms. The molecule has 2 heterocycles. The van der Waals surface area contributed by atoms with Crippen molar-refractivity contribution in [3.05, 3.63) is 28.6 Å². The normalized spacial score (nSPS) is 27.7. The number of carbonyl (C=O) groups excluding carboxylic acids is 1. The van der Waals surface area contributed by atoms with E-state index in [0.717, 1.165) is 37.8 Å². The van der Waals surface area contributed by atoms with Crippen molar-refractivity contribution >= 4 is 29.2 Å². The Kier molecular flexibility index (Phi) is 3.50. The fourth-order valence-corrected chi connectivity index (χ4v) is 3.89. The van der Waals surface area contributed by atoms with Crippen LogP contribution in [-0.4, -0.2) is 29.6 Å². The van der Waals surface area contributed by atoms with Gasteiger partial charge in [0.2, 0.25) is 0 Å². The van der Waals surface area contributed by atoms with Crippen LogP contribution in [0.4, 0.5) is 0 Å². The van der Waals surface area contributed by atoms with E-state index < -0.39 is 0 Å². The fourth-order valence-electron chi connectivity index (χ4n) is 3.69. The van der Waals surface area contributed by atoms with Gasteiger partial charge in [-0.1, -0.05) is 0 Å². The third-order valence-electron chi connectivity index (χ3n) is 4.78. The number of H-pyrrole nitrogens is 1. The van der Waals surface area contributed by atoms with E-state index in [0.29, 0.717) is 28.0 Å². The highest BCUT2D eigenvalue weighted by Crippen LogP contribution is 2.34. The molecule has 4 rings (SSSR count). The molecule has 1 aromatic carbocycles. The lowest BCUT2D eigenvalue weighted by molar-refractivity contribution is 0.0510. The number of carbonyl (C=O) groups is 1. The summed E-state index contributed by atoms with van der Waals surface area (Å²) in [6, 6.07) is 5.57. The molecule has 3 atom stereocenters. The van der Waals surface area contributed by atoms with Crippen LogP contribution >= 0.6 is 12.2 Å². The first-order chi connectivity index (χ1) is 10.7. The molecule has 1 aromatic heterocycles. The summed E-state index contributed by atoms with van der Waals surface area (Å²) in [4.78, 5) is 15.8. The second kappa shape index (κ2) is 5.52. The van der Waals surface area contributed by atoms with Crippen LogP contribution < -0.4 is 5.32 Å². The minimum Gasteiger partial charge on any atom is -0.429 e. The lowest BCUT2D eigenvalue weighted by Gasteiger charge is -2.33. The number of hydrogen-bond donors (Lipinski definition) is 2. The summed E-state index contributed by atoms with van der Waals surface area (Å²) in [6.45, 7) is 0.817. The number of oxazole rings is 1. The van der Waals surface area contributed by atoms with Crippen molar-refractivity contribution in [1.82, 2.24) is 10.3 Å². The van der Waals surface area contributed by atoms with Crippen molar-refractivity contribution in [2.45, 2.75) is 37.8 Å². The molecule has 0 bridgehead atoms. The highest BCUT2D eigenvalue weighted by molar-refractivity contribution is 7.71. The lowest BCUT2D eigenvalue weighted by atomic mass is 9.81. The quantitative estimate of drug-likeness (QED) is 0.835. The van der Waals surface area contributed by atoms with E-state index in [1.807, 2.05) is 6.07 Å². The Hall–Kier alpha value is -1.66. The number of nitrogens with one attached hydrogen (secondary N) is 2. The Morgan fingerprint density at radius 3 is 3.14 bits per heavy atom. The Morgan fingerprint density at radius 1 is 1.32 bits per heavy atom. The minimum atomic E-state index is -0.0539. The smallest absolute Gasteiger partial charge is 0.266 e. The van der Waals surface area contributed by atoms with Crippen LogP contribution in [0.25, 0.3) is 11.1 Å². The average Bonchev–Trinajstić information content (AvgIpc) is 3.11. The van der Waals surface area contributed by atoms with Gasteiger partial charge in [0.05, 0.1) is 11.6 Å². The highest BCUT2D eigenvalue weighted by atomic mass is 32.1. The number of ether oxygens (including phenoxy) is 1. The standard InChI is InChI=1S/C16H18N2O3S/c19-15(9-4-5-12-14(8-9)21-16(22)18-12)17-11-2-1-3-13-10(11)6-7-20-13/h4-5,8,10-11,13H,1-3,6-7H2,(H,17,19)(H,18,22)/t10-,11-,13-/m1/s1. The second-order valence-corrected chi connectivity index (χ2v) is 6.47. The van der Waals surface area contributed by atoms with Crippen LogP contribution in [0, 0.1) is 10.8 Å². The molecule has 1 amide bonds. The maximum atomic E-state index is 12.5. The van der Waals surface area contributed by atoms with Crippen LogP contribution in [0.3, 0.4) is 0 Å². The van der Waals surface area contributed by atoms with E-state index in [1.165, 1.54) is 0 Å². The molecule has 2 aliphatic rings. The van der Waals surface area contributed by atoms with Gasteiger partial charge in [0.1, 0.15) is 0 Å². The van der Waals surface area contributed by atoms with Crippen LogP contribution in [0.15, 0.2) is 22.6 Å². The Balaban J connectivity index is 1.53. The molecule has 1 aliphatic carbocycles.